The first-order valence-corrected chi connectivity index (χ1v) is 4.44. The van der Waals surface area contributed by atoms with Crippen LogP contribution in [-0.4, -0.2) is 49.7 Å². The Morgan fingerprint density at radius 2 is 2.42 bits per heavy atom. The highest BCUT2D eigenvalue weighted by atomic mass is 16.5. The molecule has 2 fully saturated rings. The molecule has 0 unspecified atom stereocenters. The van der Waals surface area contributed by atoms with Gasteiger partial charge in [-0.2, -0.15) is 0 Å². The number of piperazine rings is 1. The summed E-state index contributed by atoms with van der Waals surface area (Å²) >= 11 is 0. The Bertz CT molecular complexity index is 170. The summed E-state index contributed by atoms with van der Waals surface area (Å²) in [4.78, 5) is 12.3. The third-order valence-corrected chi connectivity index (χ3v) is 2.57. The summed E-state index contributed by atoms with van der Waals surface area (Å²) in [6.07, 6.45) is 2.39. The van der Waals surface area contributed by atoms with Gasteiger partial charge in [0.25, 0.3) is 0 Å². The molecule has 68 valence electrons. The van der Waals surface area contributed by atoms with E-state index in [9.17, 15) is 4.79 Å². The number of amides is 1. The van der Waals surface area contributed by atoms with Gasteiger partial charge in [0.2, 0.25) is 6.41 Å². The molecule has 0 bridgehead atoms. The minimum absolute atomic E-state index is 0.341. The zero-order chi connectivity index (χ0) is 8.39. The van der Waals surface area contributed by atoms with Crippen LogP contribution >= 0.6 is 0 Å². The molecule has 1 amide bonds. The Kier molecular flexibility index (Phi) is 2.28. The molecule has 4 heteroatoms. The third kappa shape index (κ3) is 1.44. The molecule has 0 radical (unpaired) electrons. The zero-order valence-electron chi connectivity index (χ0n) is 7.03. The van der Waals surface area contributed by atoms with Crippen LogP contribution < -0.4 is 5.32 Å². The van der Waals surface area contributed by atoms with Gasteiger partial charge in [0.05, 0.1) is 12.1 Å². The van der Waals surface area contributed by atoms with E-state index in [1.54, 1.807) is 0 Å². The average Bonchev–Trinajstić information content (AvgIpc) is 2.02. The van der Waals surface area contributed by atoms with Crippen molar-refractivity contribution < 1.29 is 9.53 Å². The molecule has 2 heterocycles. The smallest absolute Gasteiger partial charge is 0.209 e. The Hall–Kier alpha value is -0.610. The van der Waals surface area contributed by atoms with Crippen LogP contribution in [-0.2, 0) is 9.53 Å². The van der Waals surface area contributed by atoms with E-state index >= 15 is 0 Å². The predicted octanol–water partition coefficient (Wildman–Crippen LogP) is -0.794. The van der Waals surface area contributed by atoms with E-state index < -0.39 is 0 Å². The molecule has 2 aliphatic heterocycles. The van der Waals surface area contributed by atoms with Crippen molar-refractivity contribution in [1.29, 1.82) is 0 Å². The van der Waals surface area contributed by atoms with Gasteiger partial charge in [0, 0.05) is 26.2 Å². The van der Waals surface area contributed by atoms with Crippen molar-refractivity contribution in [1.82, 2.24) is 10.2 Å². The molecule has 2 saturated heterocycles. The fourth-order valence-electron chi connectivity index (χ4n) is 1.72. The predicted molar refractivity (Wildman–Crippen MR) is 43.8 cm³/mol. The van der Waals surface area contributed by atoms with Gasteiger partial charge in [0.15, 0.2) is 0 Å². The van der Waals surface area contributed by atoms with Gasteiger partial charge >= 0.3 is 0 Å². The van der Waals surface area contributed by atoms with Crippen molar-refractivity contribution in [3.8, 4) is 0 Å². The molecular weight excluding hydrogens is 156 g/mol. The normalized spacial score (nSPS) is 35.8. The minimum atomic E-state index is 0.341. The van der Waals surface area contributed by atoms with Gasteiger partial charge in [-0.15, -0.1) is 0 Å². The molecule has 2 rings (SSSR count). The summed E-state index contributed by atoms with van der Waals surface area (Å²) < 4.78 is 5.36. The second-order valence-corrected chi connectivity index (χ2v) is 3.36. The minimum Gasteiger partial charge on any atom is -0.376 e. The van der Waals surface area contributed by atoms with Gasteiger partial charge in [-0.05, 0) is 6.42 Å². The number of hydrogen-bond donors (Lipinski definition) is 1. The van der Waals surface area contributed by atoms with Crippen molar-refractivity contribution in [3.05, 3.63) is 0 Å². The van der Waals surface area contributed by atoms with Crippen LogP contribution in [0.3, 0.4) is 0 Å². The average molecular weight is 170 g/mol. The Morgan fingerprint density at radius 3 is 3.00 bits per heavy atom. The lowest BCUT2D eigenvalue weighted by molar-refractivity contribution is -0.122. The quantitative estimate of drug-likeness (QED) is 0.552. The fourth-order valence-corrected chi connectivity index (χ4v) is 1.72. The number of nitrogens with zero attached hydrogens (tertiary/aromatic N) is 1. The highest BCUT2D eigenvalue weighted by Gasteiger charge is 2.31. The number of nitrogens with one attached hydrogen (secondary N) is 1. The molecular formula is C8H14N2O2. The molecule has 0 spiro atoms. The summed E-state index contributed by atoms with van der Waals surface area (Å²) in [7, 11) is 0. The Balaban J connectivity index is 1.84. The Morgan fingerprint density at radius 1 is 1.58 bits per heavy atom. The van der Waals surface area contributed by atoms with Gasteiger partial charge in [-0.25, -0.2) is 0 Å². The van der Waals surface area contributed by atoms with Crippen molar-refractivity contribution in [2.75, 3.05) is 26.2 Å². The van der Waals surface area contributed by atoms with Crippen LogP contribution in [0.4, 0.5) is 0 Å². The molecule has 2 atom stereocenters. The van der Waals surface area contributed by atoms with Crippen molar-refractivity contribution in [2.45, 2.75) is 18.6 Å². The van der Waals surface area contributed by atoms with E-state index in [0.29, 0.717) is 12.1 Å². The maximum atomic E-state index is 10.5. The largest absolute Gasteiger partial charge is 0.376 e. The monoisotopic (exact) mass is 170 g/mol. The van der Waals surface area contributed by atoms with Crippen molar-refractivity contribution >= 4 is 6.41 Å². The fraction of sp³-hybridized carbons (Fsp3) is 0.875. The first kappa shape index (κ1) is 8.01. The molecule has 0 aromatic carbocycles. The van der Waals surface area contributed by atoms with E-state index in [1.165, 1.54) is 0 Å². The maximum absolute atomic E-state index is 10.5. The van der Waals surface area contributed by atoms with Crippen LogP contribution in [0, 0.1) is 0 Å². The molecule has 1 N–H and O–H groups in total. The highest BCUT2D eigenvalue weighted by Crippen LogP contribution is 2.17. The Labute approximate surface area is 71.9 Å². The topological polar surface area (TPSA) is 41.6 Å². The molecule has 0 aromatic heterocycles. The van der Waals surface area contributed by atoms with Crippen molar-refractivity contribution in [2.24, 2.45) is 0 Å². The first-order valence-electron chi connectivity index (χ1n) is 4.44. The van der Waals surface area contributed by atoms with Crippen LogP contribution in [0.2, 0.25) is 0 Å². The number of hydrogen-bond acceptors (Lipinski definition) is 3. The number of carbonyl (C=O) groups excluding carboxylic acids is 1. The SMILES string of the molecule is O=CN1CCN[C@H]([C@H]2CCO2)C1. The summed E-state index contributed by atoms with van der Waals surface area (Å²) in [5.74, 6) is 0. The van der Waals surface area contributed by atoms with Gasteiger partial charge in [-0.1, -0.05) is 0 Å². The lowest BCUT2D eigenvalue weighted by Crippen LogP contribution is -2.58. The van der Waals surface area contributed by atoms with Gasteiger partial charge < -0.3 is 15.0 Å². The summed E-state index contributed by atoms with van der Waals surface area (Å²) in [6.45, 7) is 3.40. The first-order chi connectivity index (χ1) is 5.90. The summed E-state index contributed by atoms with van der Waals surface area (Å²) in [6, 6.07) is 0.359. The summed E-state index contributed by atoms with van der Waals surface area (Å²) in [5.41, 5.74) is 0. The number of rotatable bonds is 2. The van der Waals surface area contributed by atoms with E-state index in [2.05, 4.69) is 5.32 Å². The van der Waals surface area contributed by atoms with E-state index in [-0.39, 0.29) is 0 Å². The van der Waals surface area contributed by atoms with E-state index in [1.807, 2.05) is 4.90 Å². The van der Waals surface area contributed by atoms with Crippen LogP contribution in [0.15, 0.2) is 0 Å². The highest BCUT2D eigenvalue weighted by molar-refractivity contribution is 5.47. The molecule has 12 heavy (non-hydrogen) atoms. The van der Waals surface area contributed by atoms with Crippen LogP contribution in [0.1, 0.15) is 6.42 Å². The number of ether oxygens (including phenoxy) is 1. The lowest BCUT2D eigenvalue weighted by Gasteiger charge is -2.39. The van der Waals surface area contributed by atoms with Crippen LogP contribution in [0.25, 0.3) is 0 Å². The molecule has 0 aromatic rings. The van der Waals surface area contributed by atoms with Crippen molar-refractivity contribution in [3.63, 3.8) is 0 Å². The van der Waals surface area contributed by atoms with E-state index in [4.69, 9.17) is 4.74 Å². The summed E-state index contributed by atoms with van der Waals surface area (Å²) in [5, 5.41) is 3.36. The molecule has 0 aliphatic carbocycles. The van der Waals surface area contributed by atoms with Gasteiger partial charge in [0.1, 0.15) is 0 Å². The lowest BCUT2D eigenvalue weighted by atomic mass is 10.0. The standard InChI is InChI=1S/C8H14N2O2/c11-6-10-3-2-9-7(5-10)8-1-4-12-8/h6-9H,1-5H2/t7-,8+/m0/s1. The number of carbonyl (C=O) groups is 1. The molecule has 0 saturated carbocycles. The second-order valence-electron chi connectivity index (χ2n) is 3.36. The maximum Gasteiger partial charge on any atom is 0.209 e. The third-order valence-electron chi connectivity index (χ3n) is 2.57. The molecule has 2 aliphatic rings. The second kappa shape index (κ2) is 3.41. The van der Waals surface area contributed by atoms with Gasteiger partial charge in [-0.3, -0.25) is 4.79 Å². The van der Waals surface area contributed by atoms with E-state index in [0.717, 1.165) is 39.1 Å². The molecule has 4 nitrogen and oxygen atoms in total. The zero-order valence-corrected chi connectivity index (χ0v) is 7.03. The van der Waals surface area contributed by atoms with Crippen LogP contribution in [0.5, 0.6) is 0 Å².